The Hall–Kier alpha value is -0.0800. The molecule has 2 heteroatoms. The molecule has 1 atom stereocenters. The van der Waals surface area contributed by atoms with E-state index < -0.39 is 0 Å². The Bertz CT molecular complexity index is 164. The van der Waals surface area contributed by atoms with Gasteiger partial charge in [-0.2, -0.15) is 0 Å². The van der Waals surface area contributed by atoms with Gasteiger partial charge in [-0.15, -0.1) is 0 Å². The molecule has 0 aliphatic heterocycles. The van der Waals surface area contributed by atoms with Gasteiger partial charge in [0.15, 0.2) is 5.79 Å². The summed E-state index contributed by atoms with van der Waals surface area (Å²) in [5.41, 5.74) is 0. The molecule has 15 heavy (non-hydrogen) atoms. The van der Waals surface area contributed by atoms with Gasteiger partial charge in [0, 0.05) is 26.6 Å². The van der Waals surface area contributed by atoms with Crippen molar-refractivity contribution < 1.29 is 9.47 Å². The van der Waals surface area contributed by atoms with Crippen molar-refractivity contribution in [1.29, 1.82) is 0 Å². The van der Waals surface area contributed by atoms with Crippen LogP contribution in [-0.4, -0.2) is 20.0 Å². The summed E-state index contributed by atoms with van der Waals surface area (Å²) in [6.07, 6.45) is 10.1. The second kappa shape index (κ2) is 6.49. The summed E-state index contributed by atoms with van der Waals surface area (Å²) in [7, 11) is 3.59. The van der Waals surface area contributed by atoms with Crippen LogP contribution in [0, 0.1) is 5.92 Å². The van der Waals surface area contributed by atoms with Crippen LogP contribution in [0.5, 0.6) is 0 Å². The first-order valence-electron chi connectivity index (χ1n) is 6.39. The van der Waals surface area contributed by atoms with Crippen molar-refractivity contribution >= 4 is 0 Å². The topological polar surface area (TPSA) is 18.5 Å². The van der Waals surface area contributed by atoms with Gasteiger partial charge in [-0.25, -0.2) is 0 Å². The van der Waals surface area contributed by atoms with Crippen LogP contribution in [0.15, 0.2) is 0 Å². The first kappa shape index (κ1) is 13.0. The highest BCUT2D eigenvalue weighted by Gasteiger charge is 2.40. The molecule has 1 aliphatic carbocycles. The van der Waals surface area contributed by atoms with Crippen molar-refractivity contribution in [2.24, 2.45) is 5.92 Å². The fourth-order valence-corrected chi connectivity index (χ4v) is 2.81. The molecular formula is C13H26O2. The zero-order chi connectivity index (χ0) is 11.1. The van der Waals surface area contributed by atoms with Crippen LogP contribution >= 0.6 is 0 Å². The van der Waals surface area contributed by atoms with E-state index in [4.69, 9.17) is 9.47 Å². The number of ether oxygens (including phenoxy) is 2. The maximum Gasteiger partial charge on any atom is 0.170 e. The van der Waals surface area contributed by atoms with Crippen molar-refractivity contribution in [2.45, 2.75) is 64.1 Å². The number of rotatable bonds is 6. The zero-order valence-electron chi connectivity index (χ0n) is 10.6. The molecule has 1 fully saturated rings. The number of hydrogen-bond donors (Lipinski definition) is 0. The van der Waals surface area contributed by atoms with E-state index in [0.717, 1.165) is 6.42 Å². The Kier molecular flexibility index (Phi) is 5.62. The molecule has 0 aromatic heterocycles. The maximum atomic E-state index is 5.65. The van der Waals surface area contributed by atoms with E-state index in [2.05, 4.69) is 6.92 Å². The van der Waals surface area contributed by atoms with E-state index in [1.807, 2.05) is 0 Å². The molecule has 0 N–H and O–H groups in total. The predicted molar refractivity (Wildman–Crippen MR) is 62.8 cm³/mol. The molecule has 1 rings (SSSR count). The van der Waals surface area contributed by atoms with Crippen molar-refractivity contribution in [2.75, 3.05) is 14.2 Å². The van der Waals surface area contributed by atoms with E-state index in [1.54, 1.807) is 14.2 Å². The van der Waals surface area contributed by atoms with Crippen LogP contribution in [-0.2, 0) is 9.47 Å². The highest BCUT2D eigenvalue weighted by Crippen LogP contribution is 2.39. The summed E-state index contributed by atoms with van der Waals surface area (Å²) < 4.78 is 11.3. The third-order valence-electron chi connectivity index (χ3n) is 3.80. The van der Waals surface area contributed by atoms with Gasteiger partial charge in [0.05, 0.1) is 0 Å². The fraction of sp³-hybridized carbons (Fsp3) is 1.00. The number of methoxy groups -OCH3 is 2. The van der Waals surface area contributed by atoms with Crippen LogP contribution in [0.25, 0.3) is 0 Å². The van der Waals surface area contributed by atoms with Gasteiger partial charge in [0.1, 0.15) is 0 Å². The minimum Gasteiger partial charge on any atom is -0.353 e. The van der Waals surface area contributed by atoms with Crippen molar-refractivity contribution in [3.8, 4) is 0 Å². The van der Waals surface area contributed by atoms with Gasteiger partial charge < -0.3 is 9.47 Å². The van der Waals surface area contributed by atoms with Crippen LogP contribution in [0.4, 0.5) is 0 Å². The Morgan fingerprint density at radius 3 is 2.47 bits per heavy atom. The third-order valence-corrected chi connectivity index (χ3v) is 3.80. The average molecular weight is 214 g/mol. The Labute approximate surface area is 94.3 Å². The predicted octanol–water partition coefficient (Wildman–Crippen LogP) is 3.75. The lowest BCUT2D eigenvalue weighted by Crippen LogP contribution is -2.44. The minimum atomic E-state index is -0.272. The van der Waals surface area contributed by atoms with Gasteiger partial charge in [0.2, 0.25) is 0 Å². The van der Waals surface area contributed by atoms with Gasteiger partial charge in [-0.3, -0.25) is 0 Å². The first-order valence-corrected chi connectivity index (χ1v) is 6.39. The summed E-state index contributed by atoms with van der Waals surface area (Å²) in [6.45, 7) is 2.25. The molecule has 0 amide bonds. The monoisotopic (exact) mass is 214 g/mol. The second-order valence-corrected chi connectivity index (χ2v) is 4.66. The molecular weight excluding hydrogens is 188 g/mol. The van der Waals surface area contributed by atoms with Crippen LogP contribution in [0.2, 0.25) is 0 Å². The largest absolute Gasteiger partial charge is 0.353 e. The molecule has 1 saturated carbocycles. The molecule has 0 radical (unpaired) electrons. The molecule has 90 valence electrons. The quantitative estimate of drug-likeness (QED) is 0.495. The minimum absolute atomic E-state index is 0.272. The summed E-state index contributed by atoms with van der Waals surface area (Å²) in [4.78, 5) is 0. The zero-order valence-corrected chi connectivity index (χ0v) is 10.6. The molecule has 1 aliphatic rings. The van der Waals surface area contributed by atoms with Gasteiger partial charge in [-0.05, 0) is 19.3 Å². The SMILES string of the molecule is CCCCCC1CCCCC1(OC)OC. The first-order chi connectivity index (χ1) is 7.29. The lowest BCUT2D eigenvalue weighted by molar-refractivity contribution is -0.255. The maximum absolute atomic E-state index is 5.65. The molecule has 0 spiro atoms. The van der Waals surface area contributed by atoms with Crippen LogP contribution < -0.4 is 0 Å². The molecule has 2 nitrogen and oxygen atoms in total. The summed E-state index contributed by atoms with van der Waals surface area (Å²) in [5.74, 6) is 0.333. The lowest BCUT2D eigenvalue weighted by atomic mass is 9.80. The molecule has 1 unspecified atom stereocenters. The molecule has 0 aromatic carbocycles. The fourth-order valence-electron chi connectivity index (χ4n) is 2.81. The molecule has 0 bridgehead atoms. The van der Waals surface area contributed by atoms with E-state index in [-0.39, 0.29) is 5.79 Å². The highest BCUT2D eigenvalue weighted by atomic mass is 16.7. The summed E-state index contributed by atoms with van der Waals surface area (Å²) in [5, 5.41) is 0. The van der Waals surface area contributed by atoms with Crippen molar-refractivity contribution in [3.05, 3.63) is 0 Å². The Morgan fingerprint density at radius 2 is 1.87 bits per heavy atom. The second-order valence-electron chi connectivity index (χ2n) is 4.66. The average Bonchev–Trinajstić information content (AvgIpc) is 2.30. The van der Waals surface area contributed by atoms with Crippen LogP contribution in [0.1, 0.15) is 58.3 Å². The van der Waals surface area contributed by atoms with Gasteiger partial charge in [0.25, 0.3) is 0 Å². The van der Waals surface area contributed by atoms with E-state index >= 15 is 0 Å². The molecule has 0 heterocycles. The van der Waals surface area contributed by atoms with E-state index in [1.165, 1.54) is 44.9 Å². The highest BCUT2D eigenvalue weighted by molar-refractivity contribution is 4.83. The van der Waals surface area contributed by atoms with E-state index in [0.29, 0.717) is 5.92 Å². The van der Waals surface area contributed by atoms with Crippen molar-refractivity contribution in [1.82, 2.24) is 0 Å². The Morgan fingerprint density at radius 1 is 1.13 bits per heavy atom. The number of unbranched alkanes of at least 4 members (excludes halogenated alkanes) is 2. The third kappa shape index (κ3) is 3.18. The van der Waals surface area contributed by atoms with Crippen molar-refractivity contribution in [3.63, 3.8) is 0 Å². The lowest BCUT2D eigenvalue weighted by Gasteiger charge is -2.41. The number of hydrogen-bond acceptors (Lipinski definition) is 2. The summed E-state index contributed by atoms with van der Waals surface area (Å²) in [6, 6.07) is 0. The summed E-state index contributed by atoms with van der Waals surface area (Å²) >= 11 is 0. The van der Waals surface area contributed by atoms with Gasteiger partial charge in [-0.1, -0.05) is 32.6 Å². The van der Waals surface area contributed by atoms with E-state index in [9.17, 15) is 0 Å². The molecule has 0 aromatic rings. The smallest absolute Gasteiger partial charge is 0.170 e. The van der Waals surface area contributed by atoms with Gasteiger partial charge >= 0.3 is 0 Å². The normalized spacial score (nSPS) is 25.4. The molecule has 0 saturated heterocycles. The Balaban J connectivity index is 2.48. The van der Waals surface area contributed by atoms with Crippen LogP contribution in [0.3, 0.4) is 0 Å². The standard InChI is InChI=1S/C13H26O2/c1-4-5-6-9-12-10-7-8-11-13(12,14-2)15-3/h12H,4-11H2,1-3H3.